The van der Waals surface area contributed by atoms with Crippen molar-refractivity contribution in [3.63, 3.8) is 0 Å². The van der Waals surface area contributed by atoms with E-state index in [0.29, 0.717) is 6.54 Å². The third-order valence-corrected chi connectivity index (χ3v) is 3.19. The maximum Gasteiger partial charge on any atom is 0.130 e. The number of nitrogens with zero attached hydrogens (tertiary/aromatic N) is 2. The summed E-state index contributed by atoms with van der Waals surface area (Å²) in [6, 6.07) is 13.7. The Hall–Kier alpha value is -1.39. The molecule has 2 rings (SSSR count). The fraction of sp³-hybridized carbons (Fsp3) is 0.214. The summed E-state index contributed by atoms with van der Waals surface area (Å²) in [4.78, 5) is 6.12. The van der Waals surface area contributed by atoms with Gasteiger partial charge in [-0.3, -0.25) is 0 Å². The molecule has 1 aromatic carbocycles. The normalized spacial score (nSPS) is 12.2. The minimum atomic E-state index is -0.580. The van der Waals surface area contributed by atoms with Gasteiger partial charge in [0.2, 0.25) is 0 Å². The van der Waals surface area contributed by atoms with Crippen LogP contribution in [0.2, 0.25) is 0 Å². The van der Waals surface area contributed by atoms with Crippen LogP contribution in [0.5, 0.6) is 0 Å². The maximum atomic E-state index is 9.86. The molecule has 1 aromatic heterocycles. The lowest BCUT2D eigenvalue weighted by atomic mass is 10.2. The second kappa shape index (κ2) is 5.98. The van der Waals surface area contributed by atoms with Crippen LogP contribution in [-0.2, 0) is 6.54 Å². The van der Waals surface area contributed by atoms with Crippen LogP contribution in [0.1, 0.15) is 12.5 Å². The number of hydrogen-bond donors (Lipinski definition) is 1. The highest BCUT2D eigenvalue weighted by Gasteiger charge is 2.13. The van der Waals surface area contributed by atoms with Crippen LogP contribution < -0.4 is 4.90 Å². The standard InChI is InChI=1S/C14H15BrN2O/c1-11(18)17(14-4-2-3-9-16-14)10-12-5-7-13(15)8-6-12/h2-9,11,18H,10H2,1H3. The summed E-state index contributed by atoms with van der Waals surface area (Å²) in [6.45, 7) is 2.37. The summed E-state index contributed by atoms with van der Waals surface area (Å²) >= 11 is 3.41. The molecule has 0 bridgehead atoms. The third kappa shape index (κ3) is 3.31. The highest BCUT2D eigenvalue weighted by atomic mass is 79.9. The molecule has 0 spiro atoms. The molecule has 0 radical (unpaired) electrons. The molecule has 1 atom stereocenters. The topological polar surface area (TPSA) is 36.4 Å². The number of aliphatic hydroxyl groups excluding tert-OH is 1. The first-order valence-corrected chi connectivity index (χ1v) is 6.56. The van der Waals surface area contributed by atoms with E-state index < -0.39 is 6.23 Å². The maximum absolute atomic E-state index is 9.86. The molecule has 0 amide bonds. The Labute approximate surface area is 115 Å². The number of aromatic nitrogens is 1. The lowest BCUT2D eigenvalue weighted by molar-refractivity contribution is 0.186. The predicted molar refractivity (Wildman–Crippen MR) is 76.2 cm³/mol. The van der Waals surface area contributed by atoms with E-state index in [0.717, 1.165) is 15.9 Å². The molecule has 0 aliphatic rings. The summed E-state index contributed by atoms with van der Waals surface area (Å²) in [7, 11) is 0. The van der Waals surface area contributed by atoms with Gasteiger partial charge in [0.05, 0.1) is 0 Å². The quantitative estimate of drug-likeness (QED) is 0.881. The first-order valence-electron chi connectivity index (χ1n) is 5.77. The van der Waals surface area contributed by atoms with Gasteiger partial charge in [-0.25, -0.2) is 4.98 Å². The number of benzene rings is 1. The Morgan fingerprint density at radius 1 is 1.22 bits per heavy atom. The van der Waals surface area contributed by atoms with Crippen molar-refractivity contribution in [2.45, 2.75) is 19.7 Å². The van der Waals surface area contributed by atoms with Crippen LogP contribution in [0.15, 0.2) is 53.1 Å². The Kier molecular flexibility index (Phi) is 4.33. The van der Waals surface area contributed by atoms with Gasteiger partial charge in [-0.05, 0) is 36.8 Å². The zero-order valence-corrected chi connectivity index (χ0v) is 11.7. The van der Waals surface area contributed by atoms with Crippen LogP contribution in [0.3, 0.4) is 0 Å². The number of anilines is 1. The molecule has 2 aromatic rings. The number of hydrogen-bond acceptors (Lipinski definition) is 3. The minimum absolute atomic E-state index is 0.580. The molecule has 1 unspecified atom stereocenters. The largest absolute Gasteiger partial charge is 0.374 e. The van der Waals surface area contributed by atoms with Crippen molar-refractivity contribution < 1.29 is 5.11 Å². The van der Waals surface area contributed by atoms with Crippen molar-refractivity contribution in [2.75, 3.05) is 4.90 Å². The highest BCUT2D eigenvalue weighted by Crippen LogP contribution is 2.17. The van der Waals surface area contributed by atoms with Crippen molar-refractivity contribution in [3.8, 4) is 0 Å². The zero-order chi connectivity index (χ0) is 13.0. The molecule has 94 valence electrons. The van der Waals surface area contributed by atoms with E-state index in [9.17, 15) is 5.11 Å². The molecule has 4 heteroatoms. The molecule has 0 saturated carbocycles. The van der Waals surface area contributed by atoms with Crippen molar-refractivity contribution in [1.82, 2.24) is 4.98 Å². The van der Waals surface area contributed by atoms with E-state index in [4.69, 9.17) is 0 Å². The van der Waals surface area contributed by atoms with Crippen LogP contribution in [0.4, 0.5) is 5.82 Å². The molecule has 0 fully saturated rings. The van der Waals surface area contributed by atoms with Gasteiger partial charge in [0, 0.05) is 17.2 Å². The summed E-state index contributed by atoms with van der Waals surface area (Å²) in [5, 5.41) is 9.86. The SMILES string of the molecule is CC(O)N(Cc1ccc(Br)cc1)c1ccccn1. The van der Waals surface area contributed by atoms with Crippen molar-refractivity contribution in [2.24, 2.45) is 0 Å². The minimum Gasteiger partial charge on any atom is -0.374 e. The van der Waals surface area contributed by atoms with Gasteiger partial charge in [-0.15, -0.1) is 0 Å². The lowest BCUT2D eigenvalue weighted by Gasteiger charge is -2.26. The number of pyridine rings is 1. The van der Waals surface area contributed by atoms with E-state index >= 15 is 0 Å². The third-order valence-electron chi connectivity index (χ3n) is 2.66. The smallest absolute Gasteiger partial charge is 0.130 e. The van der Waals surface area contributed by atoms with Crippen LogP contribution in [0.25, 0.3) is 0 Å². The second-order valence-corrected chi connectivity index (χ2v) is 4.99. The van der Waals surface area contributed by atoms with E-state index in [1.165, 1.54) is 0 Å². The average Bonchev–Trinajstić information content (AvgIpc) is 2.38. The summed E-state index contributed by atoms with van der Waals surface area (Å²) < 4.78 is 1.05. The molecule has 0 aliphatic heterocycles. The average molecular weight is 307 g/mol. The van der Waals surface area contributed by atoms with Gasteiger partial charge < -0.3 is 10.0 Å². The fourth-order valence-corrected chi connectivity index (χ4v) is 1.98. The molecular weight excluding hydrogens is 292 g/mol. The fourth-order valence-electron chi connectivity index (χ4n) is 1.71. The summed E-state index contributed by atoms with van der Waals surface area (Å²) in [5.41, 5.74) is 1.13. The first kappa shape index (κ1) is 13.1. The first-order chi connectivity index (χ1) is 8.66. The second-order valence-electron chi connectivity index (χ2n) is 4.07. The van der Waals surface area contributed by atoms with Crippen molar-refractivity contribution >= 4 is 21.7 Å². The molecule has 3 nitrogen and oxygen atoms in total. The molecule has 0 saturated heterocycles. The lowest BCUT2D eigenvalue weighted by Crippen LogP contribution is -2.32. The van der Waals surface area contributed by atoms with E-state index in [-0.39, 0.29) is 0 Å². The predicted octanol–water partition coefficient (Wildman–Crippen LogP) is 3.19. The highest BCUT2D eigenvalue weighted by molar-refractivity contribution is 9.10. The monoisotopic (exact) mass is 306 g/mol. The van der Waals surface area contributed by atoms with E-state index in [1.807, 2.05) is 47.4 Å². The molecule has 1 heterocycles. The number of halogens is 1. The Morgan fingerprint density at radius 2 is 1.94 bits per heavy atom. The molecule has 18 heavy (non-hydrogen) atoms. The van der Waals surface area contributed by atoms with Gasteiger partial charge in [-0.1, -0.05) is 34.1 Å². The Morgan fingerprint density at radius 3 is 2.50 bits per heavy atom. The summed E-state index contributed by atoms with van der Waals surface area (Å²) in [5.74, 6) is 0.774. The van der Waals surface area contributed by atoms with E-state index in [2.05, 4.69) is 20.9 Å². The summed E-state index contributed by atoms with van der Waals surface area (Å²) in [6.07, 6.45) is 1.15. The molecular formula is C14H15BrN2O. The molecule has 0 aliphatic carbocycles. The van der Waals surface area contributed by atoms with Gasteiger partial charge >= 0.3 is 0 Å². The van der Waals surface area contributed by atoms with Gasteiger partial charge in [-0.2, -0.15) is 0 Å². The number of rotatable bonds is 4. The van der Waals surface area contributed by atoms with Gasteiger partial charge in [0.1, 0.15) is 12.0 Å². The van der Waals surface area contributed by atoms with Gasteiger partial charge in [0.15, 0.2) is 0 Å². The molecule has 1 N–H and O–H groups in total. The van der Waals surface area contributed by atoms with E-state index in [1.54, 1.807) is 13.1 Å². The van der Waals surface area contributed by atoms with Crippen molar-refractivity contribution in [3.05, 3.63) is 58.7 Å². The number of aliphatic hydroxyl groups is 1. The zero-order valence-electron chi connectivity index (χ0n) is 10.1. The van der Waals surface area contributed by atoms with Gasteiger partial charge in [0.25, 0.3) is 0 Å². The van der Waals surface area contributed by atoms with Crippen LogP contribution in [0, 0.1) is 0 Å². The van der Waals surface area contributed by atoms with Crippen molar-refractivity contribution in [1.29, 1.82) is 0 Å². The van der Waals surface area contributed by atoms with Crippen LogP contribution in [-0.4, -0.2) is 16.3 Å². The van der Waals surface area contributed by atoms with Crippen LogP contribution >= 0.6 is 15.9 Å². The Balaban J connectivity index is 2.19. The Bertz CT molecular complexity index is 485.